The average Bonchev–Trinajstić information content (AvgIpc) is 2.85. The molecule has 5 heteroatoms. The number of rotatable bonds is 8. The van der Waals surface area contributed by atoms with E-state index < -0.39 is 0 Å². The van der Waals surface area contributed by atoms with Crippen molar-refractivity contribution in [2.24, 2.45) is 5.92 Å². The van der Waals surface area contributed by atoms with Gasteiger partial charge in [0.1, 0.15) is 0 Å². The van der Waals surface area contributed by atoms with Gasteiger partial charge in [0, 0.05) is 31.4 Å². The summed E-state index contributed by atoms with van der Waals surface area (Å²) < 4.78 is 0. The van der Waals surface area contributed by atoms with Crippen LogP contribution >= 0.6 is 11.3 Å². The highest BCUT2D eigenvalue weighted by Gasteiger charge is 2.14. The smallest absolute Gasteiger partial charge is 0.225 e. The SMILES string of the molecule is CCC(C)CC(C)NCc1csc(N(CC)C(C)=O)n1. The van der Waals surface area contributed by atoms with Crippen molar-refractivity contribution in [1.82, 2.24) is 10.3 Å². The van der Waals surface area contributed by atoms with Crippen molar-refractivity contribution in [3.8, 4) is 0 Å². The van der Waals surface area contributed by atoms with E-state index in [1.54, 1.807) is 11.8 Å². The first kappa shape index (κ1) is 17.1. The van der Waals surface area contributed by atoms with Gasteiger partial charge in [-0.3, -0.25) is 9.69 Å². The molecule has 1 amide bonds. The van der Waals surface area contributed by atoms with Crippen LogP contribution in [-0.4, -0.2) is 23.5 Å². The predicted molar refractivity (Wildman–Crippen MR) is 86.2 cm³/mol. The van der Waals surface area contributed by atoms with Crippen LogP contribution in [0.1, 0.15) is 53.2 Å². The Morgan fingerprint density at radius 2 is 2.15 bits per heavy atom. The predicted octanol–water partition coefficient (Wildman–Crippen LogP) is 3.43. The maximum Gasteiger partial charge on any atom is 0.225 e. The van der Waals surface area contributed by atoms with Crippen LogP contribution in [0.15, 0.2) is 5.38 Å². The molecule has 20 heavy (non-hydrogen) atoms. The van der Waals surface area contributed by atoms with Crippen molar-refractivity contribution in [1.29, 1.82) is 0 Å². The fourth-order valence-electron chi connectivity index (χ4n) is 2.13. The lowest BCUT2D eigenvalue weighted by Gasteiger charge is -2.17. The van der Waals surface area contributed by atoms with E-state index in [-0.39, 0.29) is 5.91 Å². The van der Waals surface area contributed by atoms with Crippen LogP contribution in [0.5, 0.6) is 0 Å². The Morgan fingerprint density at radius 3 is 2.70 bits per heavy atom. The fourth-order valence-corrected chi connectivity index (χ4v) is 3.06. The van der Waals surface area contributed by atoms with Gasteiger partial charge in [0.15, 0.2) is 5.13 Å². The van der Waals surface area contributed by atoms with E-state index in [0.29, 0.717) is 12.6 Å². The molecule has 0 aliphatic heterocycles. The van der Waals surface area contributed by atoms with E-state index in [2.05, 4.69) is 31.1 Å². The summed E-state index contributed by atoms with van der Waals surface area (Å²) in [6.45, 7) is 11.7. The Kier molecular flexibility index (Phi) is 7.16. The van der Waals surface area contributed by atoms with E-state index in [1.165, 1.54) is 24.2 Å². The summed E-state index contributed by atoms with van der Waals surface area (Å²) in [6, 6.07) is 0.491. The zero-order chi connectivity index (χ0) is 15.1. The zero-order valence-electron chi connectivity index (χ0n) is 13.3. The lowest BCUT2D eigenvalue weighted by atomic mass is 10.0. The van der Waals surface area contributed by atoms with Crippen LogP contribution in [0.2, 0.25) is 0 Å². The lowest BCUT2D eigenvalue weighted by Crippen LogP contribution is -2.28. The molecule has 1 aromatic rings. The molecule has 0 radical (unpaired) electrons. The van der Waals surface area contributed by atoms with E-state index in [0.717, 1.165) is 23.3 Å². The number of anilines is 1. The number of nitrogens with zero attached hydrogens (tertiary/aromatic N) is 2. The summed E-state index contributed by atoms with van der Waals surface area (Å²) in [5.41, 5.74) is 1.01. The molecule has 1 rings (SSSR count). The Hall–Kier alpha value is -0.940. The molecule has 0 spiro atoms. The van der Waals surface area contributed by atoms with Crippen LogP contribution in [-0.2, 0) is 11.3 Å². The zero-order valence-corrected chi connectivity index (χ0v) is 14.1. The normalized spacial score (nSPS) is 14.1. The van der Waals surface area contributed by atoms with E-state index >= 15 is 0 Å². The Morgan fingerprint density at radius 1 is 1.45 bits per heavy atom. The summed E-state index contributed by atoms with van der Waals surface area (Å²) in [5, 5.41) is 6.33. The first-order valence-electron chi connectivity index (χ1n) is 7.43. The summed E-state index contributed by atoms with van der Waals surface area (Å²) in [4.78, 5) is 17.7. The molecule has 1 heterocycles. The third-order valence-electron chi connectivity index (χ3n) is 3.55. The van der Waals surface area contributed by atoms with Crippen LogP contribution in [0.3, 0.4) is 0 Å². The molecule has 2 atom stereocenters. The van der Waals surface area contributed by atoms with Crippen LogP contribution in [0, 0.1) is 5.92 Å². The first-order chi connectivity index (χ1) is 9.47. The standard InChI is InChI=1S/C15H27N3OS/c1-6-11(3)8-12(4)16-9-14-10-20-15(17-14)18(7-2)13(5)19/h10-12,16H,6-9H2,1-5H3. The topological polar surface area (TPSA) is 45.2 Å². The molecule has 0 aliphatic carbocycles. The number of amides is 1. The third kappa shape index (κ3) is 5.21. The molecular weight excluding hydrogens is 270 g/mol. The van der Waals surface area contributed by atoms with Gasteiger partial charge in [-0.25, -0.2) is 4.98 Å². The molecule has 0 aliphatic rings. The second kappa shape index (κ2) is 8.37. The van der Waals surface area contributed by atoms with Crippen molar-refractivity contribution in [2.75, 3.05) is 11.4 Å². The number of aromatic nitrogens is 1. The first-order valence-corrected chi connectivity index (χ1v) is 8.31. The monoisotopic (exact) mass is 297 g/mol. The molecule has 0 bridgehead atoms. The quantitative estimate of drug-likeness (QED) is 0.799. The number of carbonyl (C=O) groups excluding carboxylic acids is 1. The third-order valence-corrected chi connectivity index (χ3v) is 4.46. The number of carbonyl (C=O) groups is 1. The van der Waals surface area contributed by atoms with Crippen LogP contribution in [0.25, 0.3) is 0 Å². The molecule has 0 aromatic carbocycles. The van der Waals surface area contributed by atoms with Gasteiger partial charge in [0.2, 0.25) is 5.91 Å². The average molecular weight is 297 g/mol. The molecule has 1 N–H and O–H groups in total. The maximum absolute atomic E-state index is 11.5. The minimum atomic E-state index is 0.0477. The van der Waals surface area contributed by atoms with Crippen molar-refractivity contribution in [2.45, 2.75) is 60.0 Å². The molecular formula is C15H27N3OS. The Labute approximate surface area is 126 Å². The summed E-state index contributed by atoms with van der Waals surface area (Å²) in [7, 11) is 0. The van der Waals surface area contributed by atoms with Crippen molar-refractivity contribution in [3.63, 3.8) is 0 Å². The number of hydrogen-bond donors (Lipinski definition) is 1. The molecule has 1 aromatic heterocycles. The van der Waals surface area contributed by atoms with E-state index in [4.69, 9.17) is 0 Å². The molecule has 0 fully saturated rings. The number of hydrogen-bond acceptors (Lipinski definition) is 4. The van der Waals surface area contributed by atoms with Gasteiger partial charge in [0.05, 0.1) is 5.69 Å². The molecule has 0 saturated carbocycles. The van der Waals surface area contributed by atoms with Crippen molar-refractivity contribution in [3.05, 3.63) is 11.1 Å². The molecule has 2 unspecified atom stereocenters. The lowest BCUT2D eigenvalue weighted by molar-refractivity contribution is -0.116. The summed E-state index contributed by atoms with van der Waals surface area (Å²) in [6.07, 6.45) is 2.40. The minimum absolute atomic E-state index is 0.0477. The van der Waals surface area contributed by atoms with Gasteiger partial charge in [0.25, 0.3) is 0 Å². The fraction of sp³-hybridized carbons (Fsp3) is 0.733. The summed E-state index contributed by atoms with van der Waals surface area (Å²) in [5.74, 6) is 0.795. The Balaban J connectivity index is 2.50. The van der Waals surface area contributed by atoms with Crippen molar-refractivity contribution < 1.29 is 4.79 Å². The van der Waals surface area contributed by atoms with Gasteiger partial charge < -0.3 is 5.32 Å². The molecule has 114 valence electrons. The van der Waals surface area contributed by atoms with Gasteiger partial charge in [-0.15, -0.1) is 11.3 Å². The highest BCUT2D eigenvalue weighted by molar-refractivity contribution is 7.14. The van der Waals surface area contributed by atoms with E-state index in [9.17, 15) is 4.79 Å². The number of thiazole rings is 1. The second-order valence-corrected chi connectivity index (χ2v) is 6.25. The summed E-state index contributed by atoms with van der Waals surface area (Å²) >= 11 is 1.53. The van der Waals surface area contributed by atoms with Gasteiger partial charge in [-0.1, -0.05) is 20.3 Å². The van der Waals surface area contributed by atoms with Crippen LogP contribution < -0.4 is 10.2 Å². The number of nitrogens with one attached hydrogen (secondary N) is 1. The van der Waals surface area contributed by atoms with Gasteiger partial charge >= 0.3 is 0 Å². The highest BCUT2D eigenvalue weighted by atomic mass is 32.1. The second-order valence-electron chi connectivity index (χ2n) is 5.42. The molecule has 0 saturated heterocycles. The Bertz CT molecular complexity index is 419. The minimum Gasteiger partial charge on any atom is -0.309 e. The highest BCUT2D eigenvalue weighted by Crippen LogP contribution is 2.20. The van der Waals surface area contributed by atoms with E-state index in [1.807, 2.05) is 12.3 Å². The van der Waals surface area contributed by atoms with Gasteiger partial charge in [-0.2, -0.15) is 0 Å². The van der Waals surface area contributed by atoms with Crippen LogP contribution in [0.4, 0.5) is 5.13 Å². The largest absolute Gasteiger partial charge is 0.309 e. The molecule has 4 nitrogen and oxygen atoms in total. The maximum atomic E-state index is 11.5. The van der Waals surface area contributed by atoms with Crippen molar-refractivity contribution >= 4 is 22.4 Å². The van der Waals surface area contributed by atoms with Gasteiger partial charge in [-0.05, 0) is 26.2 Å².